The first-order chi connectivity index (χ1) is 12.2. The Balaban J connectivity index is 2.23. The van der Waals surface area contributed by atoms with Gasteiger partial charge in [-0.15, -0.1) is 0 Å². The number of carbonyl (C=O) groups excluding carboxylic acids is 1. The highest BCUT2D eigenvalue weighted by molar-refractivity contribution is 5.91. The monoisotopic (exact) mass is 361 g/mol. The number of aromatic nitrogens is 4. The second-order valence-electron chi connectivity index (χ2n) is 5.90. The maximum Gasteiger partial charge on any atom is 0.287 e. The number of aryl methyl sites for hydroxylation is 1. The fraction of sp³-hybridized carbons (Fsp3) is 0.294. The lowest BCUT2D eigenvalue weighted by atomic mass is 10.2. The molecule has 0 aliphatic rings. The van der Waals surface area contributed by atoms with Crippen molar-refractivity contribution in [2.45, 2.75) is 26.7 Å². The van der Waals surface area contributed by atoms with Crippen LogP contribution in [0.2, 0.25) is 0 Å². The van der Waals surface area contributed by atoms with Crippen molar-refractivity contribution in [2.75, 3.05) is 12.4 Å². The highest BCUT2D eigenvalue weighted by Gasteiger charge is 2.28. The molecule has 3 heterocycles. The van der Waals surface area contributed by atoms with Crippen molar-refractivity contribution in [1.82, 2.24) is 19.7 Å². The predicted molar refractivity (Wildman–Crippen MR) is 91.8 cm³/mol. The number of hydrogen-bond acceptors (Lipinski definition) is 5. The first kappa shape index (κ1) is 17.7. The molecule has 0 atom stereocenters. The molecule has 0 fully saturated rings. The predicted octanol–water partition coefficient (Wildman–Crippen LogP) is 3.20. The molecule has 0 saturated carbocycles. The zero-order valence-electron chi connectivity index (χ0n) is 14.7. The SMILES string of the molecule is COc1cc(-n2nc(C)c3cnc(NC(C)=O)cc32)nc(C(C)(F)F)c1. The molecule has 0 spiro atoms. The summed E-state index contributed by atoms with van der Waals surface area (Å²) in [6.07, 6.45) is 1.56. The molecule has 3 rings (SSSR count). The van der Waals surface area contributed by atoms with Crippen LogP contribution in [0.3, 0.4) is 0 Å². The summed E-state index contributed by atoms with van der Waals surface area (Å²) < 4.78 is 34.1. The number of hydrogen-bond donors (Lipinski definition) is 1. The van der Waals surface area contributed by atoms with E-state index in [9.17, 15) is 13.6 Å². The molecule has 0 aromatic carbocycles. The number of anilines is 1. The summed E-state index contributed by atoms with van der Waals surface area (Å²) >= 11 is 0. The molecule has 136 valence electrons. The average Bonchev–Trinajstić information content (AvgIpc) is 2.89. The van der Waals surface area contributed by atoms with Crippen LogP contribution in [0.25, 0.3) is 16.7 Å². The molecule has 9 heteroatoms. The van der Waals surface area contributed by atoms with Crippen molar-refractivity contribution >= 4 is 22.6 Å². The molecule has 0 radical (unpaired) electrons. The summed E-state index contributed by atoms with van der Waals surface area (Å²) in [6.45, 7) is 3.91. The lowest BCUT2D eigenvalue weighted by Crippen LogP contribution is -2.13. The van der Waals surface area contributed by atoms with Gasteiger partial charge in [0.05, 0.1) is 18.3 Å². The molecule has 3 aromatic rings. The number of nitrogens with zero attached hydrogens (tertiary/aromatic N) is 4. The van der Waals surface area contributed by atoms with Gasteiger partial charge in [-0.05, 0) is 6.92 Å². The first-order valence-electron chi connectivity index (χ1n) is 7.77. The van der Waals surface area contributed by atoms with Crippen LogP contribution in [0.15, 0.2) is 24.4 Å². The van der Waals surface area contributed by atoms with Crippen LogP contribution in [0.5, 0.6) is 5.75 Å². The van der Waals surface area contributed by atoms with E-state index >= 15 is 0 Å². The zero-order chi connectivity index (χ0) is 19.1. The summed E-state index contributed by atoms with van der Waals surface area (Å²) in [5.41, 5.74) is 0.799. The summed E-state index contributed by atoms with van der Waals surface area (Å²) in [6, 6.07) is 4.31. The van der Waals surface area contributed by atoms with E-state index in [1.165, 1.54) is 30.8 Å². The van der Waals surface area contributed by atoms with E-state index in [1.807, 2.05) is 0 Å². The smallest absolute Gasteiger partial charge is 0.287 e. The van der Waals surface area contributed by atoms with Gasteiger partial charge in [-0.3, -0.25) is 4.79 Å². The Labute approximate surface area is 148 Å². The molecular weight excluding hydrogens is 344 g/mol. The van der Waals surface area contributed by atoms with Crippen LogP contribution in [0.1, 0.15) is 25.2 Å². The molecule has 7 nitrogen and oxygen atoms in total. The van der Waals surface area contributed by atoms with E-state index in [2.05, 4.69) is 20.4 Å². The van der Waals surface area contributed by atoms with Gasteiger partial charge in [0, 0.05) is 43.6 Å². The van der Waals surface area contributed by atoms with E-state index in [0.717, 1.165) is 6.92 Å². The molecule has 0 bridgehead atoms. The molecule has 3 aromatic heterocycles. The number of nitrogens with one attached hydrogen (secondary N) is 1. The molecule has 1 amide bonds. The van der Waals surface area contributed by atoms with Gasteiger partial charge in [-0.1, -0.05) is 0 Å². The van der Waals surface area contributed by atoms with Gasteiger partial charge in [0.1, 0.15) is 17.3 Å². The Kier molecular flexibility index (Phi) is 4.31. The molecule has 26 heavy (non-hydrogen) atoms. The van der Waals surface area contributed by atoms with Gasteiger partial charge in [0.15, 0.2) is 5.82 Å². The normalized spacial score (nSPS) is 11.6. The number of amides is 1. The standard InChI is InChI=1S/C17H17F2N5O2/c1-9-12-8-20-15(21-10(2)25)7-13(12)24(23-9)16-6-11(26-4)5-14(22-16)17(3,18)19/h5-8H,1-4H3,(H,20,21,25). The lowest BCUT2D eigenvalue weighted by Gasteiger charge is -2.13. The van der Waals surface area contributed by atoms with E-state index in [1.54, 1.807) is 19.2 Å². The van der Waals surface area contributed by atoms with E-state index in [0.29, 0.717) is 22.4 Å². The van der Waals surface area contributed by atoms with Crippen LogP contribution >= 0.6 is 0 Å². The van der Waals surface area contributed by atoms with E-state index in [4.69, 9.17) is 4.74 Å². The van der Waals surface area contributed by atoms with Gasteiger partial charge in [-0.2, -0.15) is 13.9 Å². The Bertz CT molecular complexity index is 995. The van der Waals surface area contributed by atoms with Gasteiger partial charge in [0.2, 0.25) is 5.91 Å². The fourth-order valence-corrected chi connectivity index (χ4v) is 2.52. The second kappa shape index (κ2) is 6.32. The number of fused-ring (bicyclic) bond motifs is 1. The third-order valence-corrected chi connectivity index (χ3v) is 3.74. The van der Waals surface area contributed by atoms with Crippen molar-refractivity contribution in [1.29, 1.82) is 0 Å². The maximum atomic E-state index is 13.8. The first-order valence-corrected chi connectivity index (χ1v) is 7.77. The lowest BCUT2D eigenvalue weighted by molar-refractivity contribution is -0.114. The second-order valence-corrected chi connectivity index (χ2v) is 5.90. The Morgan fingerprint density at radius 2 is 2.04 bits per heavy atom. The van der Waals surface area contributed by atoms with Crippen LogP contribution in [0.4, 0.5) is 14.6 Å². The quantitative estimate of drug-likeness (QED) is 0.772. The van der Waals surface area contributed by atoms with E-state index in [-0.39, 0.29) is 17.5 Å². The summed E-state index contributed by atoms with van der Waals surface area (Å²) in [5.74, 6) is -2.66. The summed E-state index contributed by atoms with van der Waals surface area (Å²) in [7, 11) is 1.39. The minimum Gasteiger partial charge on any atom is -0.497 e. The van der Waals surface area contributed by atoms with Gasteiger partial charge in [-0.25, -0.2) is 14.6 Å². The number of ether oxygens (including phenoxy) is 1. The average molecular weight is 361 g/mol. The molecule has 0 saturated heterocycles. The number of methoxy groups -OCH3 is 1. The van der Waals surface area contributed by atoms with E-state index < -0.39 is 11.6 Å². The number of alkyl halides is 2. The highest BCUT2D eigenvalue weighted by atomic mass is 19.3. The summed E-state index contributed by atoms with van der Waals surface area (Å²) in [4.78, 5) is 19.5. The number of halogens is 2. The third kappa shape index (κ3) is 3.32. The van der Waals surface area contributed by atoms with Crippen molar-refractivity contribution in [3.8, 4) is 11.6 Å². The van der Waals surface area contributed by atoms with Crippen molar-refractivity contribution in [2.24, 2.45) is 0 Å². The van der Waals surface area contributed by atoms with Crippen molar-refractivity contribution < 1.29 is 18.3 Å². The van der Waals surface area contributed by atoms with Crippen LogP contribution in [0, 0.1) is 6.92 Å². The maximum absolute atomic E-state index is 13.8. The van der Waals surface area contributed by atoms with Crippen LogP contribution in [-0.2, 0) is 10.7 Å². The van der Waals surface area contributed by atoms with Crippen molar-refractivity contribution in [3.05, 3.63) is 35.8 Å². The highest BCUT2D eigenvalue weighted by Crippen LogP contribution is 2.31. The fourth-order valence-electron chi connectivity index (χ4n) is 2.52. The Hall–Kier alpha value is -3.10. The number of carbonyl (C=O) groups is 1. The number of pyridine rings is 2. The Morgan fingerprint density at radius 1 is 1.31 bits per heavy atom. The van der Waals surface area contributed by atoms with Crippen LogP contribution < -0.4 is 10.1 Å². The minimum absolute atomic E-state index is 0.180. The molecule has 0 aliphatic carbocycles. The molecular formula is C17H17F2N5O2. The van der Waals surface area contributed by atoms with Gasteiger partial charge < -0.3 is 10.1 Å². The molecule has 1 N–H and O–H groups in total. The zero-order valence-corrected chi connectivity index (χ0v) is 14.7. The minimum atomic E-state index is -3.13. The molecule has 0 aliphatic heterocycles. The topological polar surface area (TPSA) is 81.9 Å². The van der Waals surface area contributed by atoms with Crippen molar-refractivity contribution in [3.63, 3.8) is 0 Å². The Morgan fingerprint density at radius 3 is 2.65 bits per heavy atom. The third-order valence-electron chi connectivity index (χ3n) is 3.74. The van der Waals surface area contributed by atoms with Gasteiger partial charge >= 0.3 is 0 Å². The van der Waals surface area contributed by atoms with Crippen LogP contribution in [-0.4, -0.2) is 32.8 Å². The largest absolute Gasteiger partial charge is 0.497 e. The summed E-state index contributed by atoms with van der Waals surface area (Å²) in [5, 5.41) is 7.68. The van der Waals surface area contributed by atoms with Gasteiger partial charge in [0.25, 0.3) is 5.92 Å². The number of rotatable bonds is 4. The molecule has 0 unspecified atom stereocenters.